The van der Waals surface area contributed by atoms with Crippen molar-refractivity contribution in [2.45, 2.75) is 26.0 Å². The minimum absolute atomic E-state index is 0.0309. The van der Waals surface area contributed by atoms with E-state index in [4.69, 9.17) is 19.5 Å². The number of benzene rings is 1. The number of aromatic amines is 1. The first-order chi connectivity index (χ1) is 15.5. The largest absolute Gasteiger partial charge is 0.370 e. The van der Waals surface area contributed by atoms with Crippen LogP contribution in [-0.4, -0.2) is 44.9 Å². The van der Waals surface area contributed by atoms with E-state index in [-0.39, 0.29) is 41.7 Å². The van der Waals surface area contributed by atoms with Gasteiger partial charge in [-0.1, -0.05) is 28.1 Å². The summed E-state index contributed by atoms with van der Waals surface area (Å²) in [7, 11) is -1.41. The number of imidazole rings is 1. The van der Waals surface area contributed by atoms with Gasteiger partial charge in [-0.2, -0.15) is 4.98 Å². The number of aromatic nitrogens is 4. The van der Waals surface area contributed by atoms with Crippen LogP contribution in [0.1, 0.15) is 18.4 Å². The lowest BCUT2D eigenvalue weighted by Crippen LogP contribution is -2.13. The number of hydrogen-bond donors (Lipinski definition) is 2. The van der Waals surface area contributed by atoms with Crippen molar-refractivity contribution in [1.82, 2.24) is 19.5 Å². The summed E-state index contributed by atoms with van der Waals surface area (Å²) in [6.45, 7) is 1.13. The Hall–Kier alpha value is -2.17. The molecule has 170 valence electrons. The fourth-order valence-corrected chi connectivity index (χ4v) is 4.49. The second-order valence-corrected chi connectivity index (χ2v) is 9.70. The highest BCUT2D eigenvalue weighted by atomic mass is 79.9. The van der Waals surface area contributed by atoms with Crippen molar-refractivity contribution >= 4 is 47.2 Å². The number of anilines is 1. The SMILES string of the molecule is Nc1nc2c(ncn2CCOCP(OCC(=O)C2CC2)OCc2cccc(Br)c2)c(=O)[nH]1. The maximum atomic E-state index is 12.0. The lowest BCUT2D eigenvalue weighted by molar-refractivity contribution is -0.122. The van der Waals surface area contributed by atoms with Crippen molar-refractivity contribution in [2.75, 3.05) is 25.3 Å². The standard InChI is InChI=1S/C20H23BrN5O5P/c21-15-3-1-2-13(8-15)9-30-32(31-10-16(27)14-4-5-14)12-29-7-6-26-11-23-17-18(26)24-20(22)25-19(17)28/h1-3,8,11,14H,4-7,9-10,12H2,(H3,22,24,25,28). The van der Waals surface area contributed by atoms with Crippen molar-refractivity contribution in [3.05, 3.63) is 51.0 Å². The number of nitrogen functional groups attached to an aromatic ring is 1. The molecule has 12 heteroatoms. The van der Waals surface area contributed by atoms with Crippen LogP contribution in [0.5, 0.6) is 0 Å². The van der Waals surface area contributed by atoms with Crippen molar-refractivity contribution in [1.29, 1.82) is 0 Å². The summed E-state index contributed by atoms with van der Waals surface area (Å²) in [5, 5.41) is 0. The second kappa shape index (κ2) is 10.6. The molecule has 1 fully saturated rings. The predicted molar refractivity (Wildman–Crippen MR) is 123 cm³/mol. The number of Topliss-reactive ketones (excluding diaryl/α,β-unsaturated/α-hetero) is 1. The van der Waals surface area contributed by atoms with Gasteiger partial charge in [-0.15, -0.1) is 0 Å². The second-order valence-electron chi connectivity index (χ2n) is 7.35. The number of rotatable bonds is 12. The number of ketones is 1. The van der Waals surface area contributed by atoms with Crippen LogP contribution in [0.25, 0.3) is 11.2 Å². The molecule has 32 heavy (non-hydrogen) atoms. The van der Waals surface area contributed by atoms with Gasteiger partial charge < -0.3 is 24.1 Å². The number of nitrogens with two attached hydrogens (primary N) is 1. The highest BCUT2D eigenvalue weighted by Crippen LogP contribution is 2.40. The molecule has 2 heterocycles. The first-order valence-electron chi connectivity index (χ1n) is 10.1. The molecule has 0 radical (unpaired) electrons. The third-order valence-electron chi connectivity index (χ3n) is 4.81. The van der Waals surface area contributed by atoms with E-state index in [9.17, 15) is 9.59 Å². The van der Waals surface area contributed by atoms with Gasteiger partial charge in [0.1, 0.15) is 13.0 Å². The molecule has 1 aromatic carbocycles. The van der Waals surface area contributed by atoms with Crippen molar-refractivity contribution in [3.8, 4) is 0 Å². The summed E-state index contributed by atoms with van der Waals surface area (Å²) in [5.41, 5.74) is 6.85. The highest BCUT2D eigenvalue weighted by molar-refractivity contribution is 9.10. The Morgan fingerprint density at radius 2 is 2.19 bits per heavy atom. The van der Waals surface area contributed by atoms with Gasteiger partial charge in [0, 0.05) is 16.9 Å². The molecule has 0 aliphatic heterocycles. The van der Waals surface area contributed by atoms with E-state index in [1.54, 1.807) is 4.57 Å². The van der Waals surface area contributed by atoms with Crippen LogP contribution in [-0.2, 0) is 31.7 Å². The zero-order valence-corrected chi connectivity index (χ0v) is 19.7. The summed E-state index contributed by atoms with van der Waals surface area (Å²) in [6.07, 6.45) is 3.61. The summed E-state index contributed by atoms with van der Waals surface area (Å²) in [5.74, 6) is 0.279. The molecule has 1 unspecified atom stereocenters. The summed E-state index contributed by atoms with van der Waals surface area (Å²) in [6, 6.07) is 7.80. The normalized spacial score (nSPS) is 14.7. The molecule has 1 aliphatic rings. The van der Waals surface area contributed by atoms with Crippen molar-refractivity contribution in [3.63, 3.8) is 0 Å². The van der Waals surface area contributed by atoms with Crippen LogP contribution < -0.4 is 11.3 Å². The molecule has 3 N–H and O–H groups in total. The molecular weight excluding hydrogens is 501 g/mol. The fraction of sp³-hybridized carbons (Fsp3) is 0.400. The minimum atomic E-state index is -1.41. The zero-order valence-electron chi connectivity index (χ0n) is 17.2. The Morgan fingerprint density at radius 3 is 2.97 bits per heavy atom. The molecule has 1 aliphatic carbocycles. The number of hydrogen-bond acceptors (Lipinski definition) is 8. The van der Waals surface area contributed by atoms with E-state index in [1.165, 1.54) is 6.33 Å². The van der Waals surface area contributed by atoms with Crippen molar-refractivity contribution in [2.24, 2.45) is 5.92 Å². The maximum absolute atomic E-state index is 12.0. The number of carbonyl (C=O) groups is 1. The van der Waals surface area contributed by atoms with Gasteiger partial charge in [-0.3, -0.25) is 14.6 Å². The monoisotopic (exact) mass is 523 g/mol. The number of halogens is 1. The Bertz CT molecular complexity index is 1150. The first kappa shape index (κ1) is 23.0. The smallest absolute Gasteiger partial charge is 0.280 e. The number of carbonyl (C=O) groups excluding carboxylic acids is 1. The fourth-order valence-electron chi connectivity index (χ4n) is 2.98. The van der Waals surface area contributed by atoms with Crippen LogP contribution in [0.15, 0.2) is 39.9 Å². The zero-order chi connectivity index (χ0) is 22.5. The first-order valence-corrected chi connectivity index (χ1v) is 12.2. The third-order valence-corrected chi connectivity index (χ3v) is 6.53. The quantitative estimate of drug-likeness (QED) is 0.273. The minimum Gasteiger partial charge on any atom is -0.370 e. The Kier molecular flexibility index (Phi) is 7.64. The highest BCUT2D eigenvalue weighted by Gasteiger charge is 2.30. The molecule has 1 atom stereocenters. The van der Waals surface area contributed by atoms with E-state index >= 15 is 0 Å². The Balaban J connectivity index is 1.30. The van der Waals surface area contributed by atoms with Gasteiger partial charge in [0.25, 0.3) is 5.56 Å². The molecule has 10 nitrogen and oxygen atoms in total. The number of H-pyrrole nitrogens is 1. The molecule has 4 rings (SSSR count). The topological polar surface area (TPSA) is 134 Å². The lowest BCUT2D eigenvalue weighted by Gasteiger charge is -2.17. The third kappa shape index (κ3) is 6.20. The van der Waals surface area contributed by atoms with E-state index in [1.807, 2.05) is 24.3 Å². The van der Waals surface area contributed by atoms with Gasteiger partial charge in [0.05, 0.1) is 19.5 Å². The molecular formula is C20H23BrN5O5P. The van der Waals surface area contributed by atoms with Gasteiger partial charge in [0.2, 0.25) is 5.95 Å². The van der Waals surface area contributed by atoms with Gasteiger partial charge >= 0.3 is 0 Å². The molecule has 3 aromatic rings. The number of fused-ring (bicyclic) bond motifs is 1. The molecule has 0 amide bonds. The Morgan fingerprint density at radius 1 is 1.34 bits per heavy atom. The van der Waals surface area contributed by atoms with Crippen molar-refractivity contribution < 1.29 is 18.6 Å². The maximum Gasteiger partial charge on any atom is 0.280 e. The van der Waals surface area contributed by atoms with Gasteiger partial charge in [0.15, 0.2) is 25.3 Å². The van der Waals surface area contributed by atoms with Crippen LogP contribution in [0.2, 0.25) is 0 Å². The predicted octanol–water partition coefficient (Wildman–Crippen LogP) is 2.96. The summed E-state index contributed by atoms with van der Waals surface area (Å²) >= 11 is 3.45. The molecule has 1 saturated carbocycles. The molecule has 2 aromatic heterocycles. The number of nitrogens with zero attached hydrogens (tertiary/aromatic N) is 3. The van der Waals surface area contributed by atoms with E-state index in [0.717, 1.165) is 22.9 Å². The molecule has 0 spiro atoms. The Labute approximate surface area is 193 Å². The average molecular weight is 524 g/mol. The van der Waals surface area contributed by atoms with E-state index in [2.05, 4.69) is 30.9 Å². The van der Waals surface area contributed by atoms with Crippen LogP contribution in [0.4, 0.5) is 5.95 Å². The number of ether oxygens (including phenoxy) is 1. The molecule has 0 saturated heterocycles. The lowest BCUT2D eigenvalue weighted by atomic mass is 10.2. The van der Waals surface area contributed by atoms with E-state index in [0.29, 0.717) is 25.4 Å². The summed E-state index contributed by atoms with van der Waals surface area (Å²) < 4.78 is 20.1. The van der Waals surface area contributed by atoms with Gasteiger partial charge in [-0.05, 0) is 30.5 Å². The van der Waals surface area contributed by atoms with Crippen LogP contribution >= 0.6 is 24.3 Å². The van der Waals surface area contributed by atoms with Crippen LogP contribution in [0.3, 0.4) is 0 Å². The number of nitrogens with one attached hydrogen (secondary N) is 1. The average Bonchev–Trinajstić information content (AvgIpc) is 3.54. The van der Waals surface area contributed by atoms with E-state index < -0.39 is 8.38 Å². The van der Waals surface area contributed by atoms with Gasteiger partial charge in [-0.25, -0.2) is 4.98 Å². The molecule has 0 bridgehead atoms. The summed E-state index contributed by atoms with van der Waals surface area (Å²) in [4.78, 5) is 34.5. The van der Waals surface area contributed by atoms with Crippen LogP contribution in [0, 0.1) is 5.92 Å².